The average Bonchev–Trinajstić information content (AvgIpc) is 2.69. The standard InChI is InChI=1S/C25H30O4/c1-16-13-18(23(27)28-6)8-10-22(16)29-15-21(26)17-7-9-19-20(14-17)25(4,5)12-11-24(19,2)3/h7-10,13-14H,11-12,15H2,1-6H3. The number of carbonyl (C=O) groups is 2. The highest BCUT2D eigenvalue weighted by Gasteiger charge is 2.37. The lowest BCUT2D eigenvalue weighted by Gasteiger charge is -2.42. The first kappa shape index (κ1) is 21.1. The second kappa shape index (κ2) is 7.66. The summed E-state index contributed by atoms with van der Waals surface area (Å²) in [4.78, 5) is 24.4. The summed E-state index contributed by atoms with van der Waals surface area (Å²) in [5.74, 6) is 0.143. The number of benzene rings is 2. The summed E-state index contributed by atoms with van der Waals surface area (Å²) in [5, 5.41) is 0. The van der Waals surface area contributed by atoms with Gasteiger partial charge >= 0.3 is 5.97 Å². The van der Waals surface area contributed by atoms with E-state index in [-0.39, 0.29) is 23.2 Å². The Morgan fingerprint density at radius 1 is 0.897 bits per heavy atom. The van der Waals surface area contributed by atoms with Crippen LogP contribution in [0.2, 0.25) is 0 Å². The number of fused-ring (bicyclic) bond motifs is 1. The molecule has 0 atom stereocenters. The summed E-state index contributed by atoms with van der Waals surface area (Å²) < 4.78 is 10.5. The highest BCUT2D eigenvalue weighted by atomic mass is 16.5. The van der Waals surface area contributed by atoms with Gasteiger partial charge in [-0.1, -0.05) is 39.8 Å². The average molecular weight is 395 g/mol. The monoisotopic (exact) mass is 394 g/mol. The van der Waals surface area contributed by atoms with Gasteiger partial charge in [-0.3, -0.25) is 4.79 Å². The van der Waals surface area contributed by atoms with Gasteiger partial charge in [0.1, 0.15) is 5.75 Å². The maximum atomic E-state index is 12.8. The summed E-state index contributed by atoms with van der Waals surface area (Å²) in [7, 11) is 1.35. The quantitative estimate of drug-likeness (QED) is 0.504. The summed E-state index contributed by atoms with van der Waals surface area (Å²) in [5.41, 5.74) is 4.71. The van der Waals surface area contributed by atoms with Gasteiger partial charge in [-0.05, 0) is 71.6 Å². The number of rotatable bonds is 5. The van der Waals surface area contributed by atoms with Gasteiger partial charge in [-0.25, -0.2) is 4.79 Å². The first-order valence-electron chi connectivity index (χ1n) is 10.1. The highest BCUT2D eigenvalue weighted by Crippen LogP contribution is 2.45. The molecular formula is C25H30O4. The lowest BCUT2D eigenvalue weighted by Crippen LogP contribution is -2.34. The van der Waals surface area contributed by atoms with Crippen molar-refractivity contribution >= 4 is 11.8 Å². The lowest BCUT2D eigenvalue weighted by molar-refractivity contribution is 0.0600. The van der Waals surface area contributed by atoms with Crippen LogP contribution in [-0.4, -0.2) is 25.5 Å². The van der Waals surface area contributed by atoms with Crippen LogP contribution in [0.1, 0.15) is 77.9 Å². The molecule has 0 saturated carbocycles. The smallest absolute Gasteiger partial charge is 0.337 e. The SMILES string of the molecule is COC(=O)c1ccc(OCC(=O)c2ccc3c(c2)C(C)(C)CCC3(C)C)c(C)c1. The maximum Gasteiger partial charge on any atom is 0.337 e. The largest absolute Gasteiger partial charge is 0.485 e. The molecule has 0 radical (unpaired) electrons. The zero-order chi connectivity index (χ0) is 21.4. The van der Waals surface area contributed by atoms with Crippen molar-refractivity contribution in [3.63, 3.8) is 0 Å². The molecule has 0 N–H and O–H groups in total. The maximum absolute atomic E-state index is 12.8. The first-order valence-corrected chi connectivity index (χ1v) is 10.1. The molecule has 0 saturated heterocycles. The van der Waals surface area contributed by atoms with E-state index in [9.17, 15) is 9.59 Å². The van der Waals surface area contributed by atoms with Gasteiger partial charge in [0, 0.05) is 5.56 Å². The van der Waals surface area contributed by atoms with Gasteiger partial charge in [-0.2, -0.15) is 0 Å². The predicted molar refractivity (Wildman–Crippen MR) is 114 cm³/mol. The van der Waals surface area contributed by atoms with Crippen LogP contribution in [0.25, 0.3) is 0 Å². The normalized spacial score (nSPS) is 16.6. The van der Waals surface area contributed by atoms with Gasteiger partial charge in [0.25, 0.3) is 0 Å². The molecule has 0 bridgehead atoms. The highest BCUT2D eigenvalue weighted by molar-refractivity contribution is 5.97. The Morgan fingerprint density at radius 3 is 2.14 bits per heavy atom. The number of aryl methyl sites for hydroxylation is 1. The molecule has 0 amide bonds. The van der Waals surface area contributed by atoms with Gasteiger partial charge in [-0.15, -0.1) is 0 Å². The van der Waals surface area contributed by atoms with Crippen molar-refractivity contribution in [3.05, 3.63) is 64.2 Å². The van der Waals surface area contributed by atoms with Gasteiger partial charge in [0.15, 0.2) is 12.4 Å². The number of ketones is 1. The Morgan fingerprint density at radius 2 is 1.52 bits per heavy atom. The van der Waals surface area contributed by atoms with E-state index in [0.29, 0.717) is 16.9 Å². The van der Waals surface area contributed by atoms with E-state index in [1.807, 2.05) is 13.0 Å². The van der Waals surface area contributed by atoms with Crippen LogP contribution in [0.15, 0.2) is 36.4 Å². The Bertz CT molecular complexity index is 953. The van der Waals surface area contributed by atoms with Crippen LogP contribution in [-0.2, 0) is 15.6 Å². The Labute approximate surface area is 173 Å². The second-order valence-electron chi connectivity index (χ2n) is 9.21. The van der Waals surface area contributed by atoms with E-state index in [2.05, 4.69) is 39.8 Å². The first-order chi connectivity index (χ1) is 13.5. The number of esters is 1. The van der Waals surface area contributed by atoms with Crippen molar-refractivity contribution in [1.82, 2.24) is 0 Å². The molecule has 0 heterocycles. The molecule has 1 aliphatic carbocycles. The van der Waals surface area contributed by atoms with E-state index in [1.165, 1.54) is 18.2 Å². The molecule has 29 heavy (non-hydrogen) atoms. The molecule has 4 nitrogen and oxygen atoms in total. The molecule has 0 unspecified atom stereocenters. The minimum atomic E-state index is -0.393. The van der Waals surface area contributed by atoms with Crippen molar-refractivity contribution in [2.45, 2.75) is 58.3 Å². The van der Waals surface area contributed by atoms with E-state index in [1.54, 1.807) is 18.2 Å². The van der Waals surface area contributed by atoms with Crippen LogP contribution >= 0.6 is 0 Å². The predicted octanol–water partition coefficient (Wildman–Crippen LogP) is 5.39. The molecule has 4 heteroatoms. The van der Waals surface area contributed by atoms with E-state index >= 15 is 0 Å². The molecule has 3 rings (SSSR count). The third-order valence-corrected chi connectivity index (χ3v) is 6.13. The molecule has 2 aromatic rings. The lowest BCUT2D eigenvalue weighted by atomic mass is 9.63. The fourth-order valence-corrected chi connectivity index (χ4v) is 4.04. The summed E-state index contributed by atoms with van der Waals surface area (Å²) in [6.45, 7) is 10.8. The van der Waals surface area contributed by atoms with E-state index in [4.69, 9.17) is 9.47 Å². The molecule has 1 aliphatic rings. The van der Waals surface area contributed by atoms with Crippen molar-refractivity contribution in [2.24, 2.45) is 0 Å². The Kier molecular flexibility index (Phi) is 5.57. The minimum Gasteiger partial charge on any atom is -0.485 e. The van der Waals surface area contributed by atoms with E-state index < -0.39 is 5.97 Å². The number of methoxy groups -OCH3 is 1. The topological polar surface area (TPSA) is 52.6 Å². The van der Waals surface area contributed by atoms with Crippen LogP contribution in [0.3, 0.4) is 0 Å². The van der Waals surface area contributed by atoms with Crippen molar-refractivity contribution < 1.29 is 19.1 Å². The van der Waals surface area contributed by atoms with Crippen LogP contribution < -0.4 is 4.74 Å². The van der Waals surface area contributed by atoms with Crippen LogP contribution in [0.5, 0.6) is 5.75 Å². The summed E-state index contributed by atoms with van der Waals surface area (Å²) in [6, 6.07) is 11.1. The molecule has 0 spiro atoms. The number of ether oxygens (including phenoxy) is 2. The minimum absolute atomic E-state index is 0.0407. The van der Waals surface area contributed by atoms with Crippen LogP contribution in [0, 0.1) is 6.92 Å². The molecular weight excluding hydrogens is 364 g/mol. The van der Waals surface area contributed by atoms with Gasteiger partial charge < -0.3 is 9.47 Å². The molecule has 2 aromatic carbocycles. The Hall–Kier alpha value is -2.62. The zero-order valence-electron chi connectivity index (χ0n) is 18.2. The molecule has 0 aromatic heterocycles. The van der Waals surface area contributed by atoms with Crippen molar-refractivity contribution in [2.75, 3.05) is 13.7 Å². The number of Topliss-reactive ketones (excluding diaryl/α,β-unsaturated/α-hetero) is 1. The zero-order valence-corrected chi connectivity index (χ0v) is 18.2. The number of hydrogen-bond acceptors (Lipinski definition) is 4. The van der Waals surface area contributed by atoms with Crippen molar-refractivity contribution in [1.29, 1.82) is 0 Å². The van der Waals surface area contributed by atoms with Gasteiger partial charge in [0.2, 0.25) is 0 Å². The summed E-state index contributed by atoms with van der Waals surface area (Å²) in [6.07, 6.45) is 2.25. The fourth-order valence-electron chi connectivity index (χ4n) is 4.04. The molecule has 0 aliphatic heterocycles. The molecule has 0 fully saturated rings. The second-order valence-corrected chi connectivity index (χ2v) is 9.21. The van der Waals surface area contributed by atoms with Gasteiger partial charge in [0.05, 0.1) is 12.7 Å². The Balaban J connectivity index is 1.78. The summed E-state index contributed by atoms with van der Waals surface area (Å²) >= 11 is 0. The van der Waals surface area contributed by atoms with Crippen LogP contribution in [0.4, 0.5) is 0 Å². The third-order valence-electron chi connectivity index (χ3n) is 6.13. The third kappa shape index (κ3) is 4.21. The molecule has 154 valence electrons. The number of carbonyl (C=O) groups excluding carboxylic acids is 2. The fraction of sp³-hybridized carbons (Fsp3) is 0.440. The van der Waals surface area contributed by atoms with Crippen molar-refractivity contribution in [3.8, 4) is 5.75 Å². The van der Waals surface area contributed by atoms with E-state index in [0.717, 1.165) is 18.4 Å². The number of hydrogen-bond donors (Lipinski definition) is 0.